The maximum absolute atomic E-state index is 5.09. The Morgan fingerprint density at radius 2 is 2.15 bits per heavy atom. The fourth-order valence-corrected chi connectivity index (χ4v) is 2.71. The van der Waals surface area contributed by atoms with E-state index in [2.05, 4.69) is 58.0 Å². The number of nitrogens with one attached hydrogen (secondary N) is 2. The minimum atomic E-state index is 0.681. The lowest BCUT2D eigenvalue weighted by molar-refractivity contribution is 0.201. The van der Waals surface area contributed by atoms with E-state index in [-0.39, 0.29) is 0 Å². The number of nitrogens with zero attached hydrogens (tertiary/aromatic N) is 3. The first-order valence-corrected chi connectivity index (χ1v) is 8.86. The number of hydrogen-bond acceptors (Lipinski definition) is 5. The van der Waals surface area contributed by atoms with Crippen molar-refractivity contribution in [2.45, 2.75) is 19.9 Å². The van der Waals surface area contributed by atoms with Crippen molar-refractivity contribution >= 4 is 5.65 Å². The Labute approximate surface area is 153 Å². The number of aromatic nitrogens is 3. The maximum atomic E-state index is 5.09. The molecule has 2 heterocycles. The third-order valence-electron chi connectivity index (χ3n) is 3.97. The number of benzene rings is 1. The Morgan fingerprint density at radius 3 is 2.96 bits per heavy atom. The van der Waals surface area contributed by atoms with Crippen LogP contribution < -0.4 is 10.6 Å². The van der Waals surface area contributed by atoms with E-state index in [0.717, 1.165) is 42.2 Å². The molecule has 6 nitrogen and oxygen atoms in total. The van der Waals surface area contributed by atoms with Crippen molar-refractivity contribution in [3.63, 3.8) is 0 Å². The second kappa shape index (κ2) is 9.01. The van der Waals surface area contributed by atoms with E-state index in [4.69, 9.17) is 4.74 Å². The van der Waals surface area contributed by atoms with Gasteiger partial charge in [-0.1, -0.05) is 25.1 Å². The summed E-state index contributed by atoms with van der Waals surface area (Å²) < 4.78 is 6.89. The summed E-state index contributed by atoms with van der Waals surface area (Å²) in [6, 6.07) is 12.3. The van der Waals surface area contributed by atoms with Crippen molar-refractivity contribution in [1.29, 1.82) is 0 Å². The van der Waals surface area contributed by atoms with E-state index in [9.17, 15) is 0 Å². The minimum Gasteiger partial charge on any atom is -0.383 e. The normalized spacial score (nSPS) is 11.7. The molecule has 3 aromatic rings. The molecule has 6 heteroatoms. The maximum Gasteiger partial charge on any atom is 0.154 e. The molecule has 0 saturated carbocycles. The summed E-state index contributed by atoms with van der Waals surface area (Å²) in [5.74, 6) is 1.03. The zero-order chi connectivity index (χ0) is 18.2. The standard InChI is InChI=1S/C20H25N5O/c1-3-6-19(21-11-12-26-2)22-14-16-7-4-8-17(13-16)18-15-25-20(24-18)9-5-10-23-25/h4-10,13,15,21-22H,3,11-12,14H2,1-2H3/b19-6+. The van der Waals surface area contributed by atoms with E-state index in [1.54, 1.807) is 17.8 Å². The molecular formula is C20H25N5O. The Kier molecular flexibility index (Phi) is 6.22. The molecule has 1 aromatic carbocycles. The molecule has 0 radical (unpaired) electrons. The lowest BCUT2D eigenvalue weighted by atomic mass is 10.1. The molecule has 0 aliphatic carbocycles. The van der Waals surface area contributed by atoms with Gasteiger partial charge in [-0.25, -0.2) is 9.50 Å². The molecule has 2 aromatic heterocycles. The number of fused-ring (bicyclic) bond motifs is 1. The number of ether oxygens (including phenoxy) is 1. The van der Waals surface area contributed by atoms with Crippen LogP contribution in [0.25, 0.3) is 16.9 Å². The molecule has 3 rings (SSSR count). The van der Waals surface area contributed by atoms with Crippen LogP contribution in [0.2, 0.25) is 0 Å². The first-order valence-electron chi connectivity index (χ1n) is 8.86. The van der Waals surface area contributed by atoms with Gasteiger partial charge in [-0.05, 0) is 36.3 Å². The third kappa shape index (κ3) is 4.61. The number of allylic oxidation sites excluding steroid dienone is 1. The van der Waals surface area contributed by atoms with Gasteiger partial charge in [-0.2, -0.15) is 5.10 Å². The molecule has 0 aliphatic rings. The van der Waals surface area contributed by atoms with Crippen molar-refractivity contribution in [2.24, 2.45) is 0 Å². The lowest BCUT2D eigenvalue weighted by Crippen LogP contribution is -2.28. The quantitative estimate of drug-likeness (QED) is 0.580. The molecule has 0 atom stereocenters. The van der Waals surface area contributed by atoms with Gasteiger partial charge >= 0.3 is 0 Å². The van der Waals surface area contributed by atoms with E-state index >= 15 is 0 Å². The molecule has 0 amide bonds. The van der Waals surface area contributed by atoms with E-state index in [1.165, 1.54) is 5.56 Å². The Morgan fingerprint density at radius 1 is 1.23 bits per heavy atom. The molecule has 136 valence electrons. The number of methoxy groups -OCH3 is 1. The zero-order valence-electron chi connectivity index (χ0n) is 15.3. The fourth-order valence-electron chi connectivity index (χ4n) is 2.71. The van der Waals surface area contributed by atoms with Crippen LogP contribution in [0.4, 0.5) is 0 Å². The largest absolute Gasteiger partial charge is 0.383 e. The van der Waals surface area contributed by atoms with Crippen molar-refractivity contribution in [3.05, 3.63) is 66.3 Å². The van der Waals surface area contributed by atoms with Crippen LogP contribution >= 0.6 is 0 Å². The highest BCUT2D eigenvalue weighted by Crippen LogP contribution is 2.20. The summed E-state index contributed by atoms with van der Waals surface area (Å²) in [5, 5.41) is 11.1. The molecule has 0 fully saturated rings. The van der Waals surface area contributed by atoms with Crippen LogP contribution in [0, 0.1) is 0 Å². The average Bonchev–Trinajstić information content (AvgIpc) is 3.11. The predicted octanol–water partition coefficient (Wildman–Crippen LogP) is 2.97. The SMILES string of the molecule is CC/C=C(\NCCOC)NCc1cccc(-c2cn3ncccc3n2)c1. The predicted molar refractivity (Wildman–Crippen MR) is 104 cm³/mol. The minimum absolute atomic E-state index is 0.681. The number of hydrogen-bond donors (Lipinski definition) is 2. The van der Waals surface area contributed by atoms with Gasteiger partial charge in [0.05, 0.1) is 24.3 Å². The molecule has 0 unspecified atom stereocenters. The van der Waals surface area contributed by atoms with Crippen LogP contribution in [0.1, 0.15) is 18.9 Å². The Balaban J connectivity index is 1.69. The topological polar surface area (TPSA) is 63.5 Å². The Hall–Kier alpha value is -2.86. The van der Waals surface area contributed by atoms with Gasteiger partial charge in [-0.3, -0.25) is 0 Å². The van der Waals surface area contributed by atoms with Crippen molar-refractivity contribution in [3.8, 4) is 11.3 Å². The zero-order valence-corrected chi connectivity index (χ0v) is 15.3. The highest BCUT2D eigenvalue weighted by atomic mass is 16.5. The van der Waals surface area contributed by atoms with Gasteiger partial charge in [0.25, 0.3) is 0 Å². The smallest absolute Gasteiger partial charge is 0.154 e. The Bertz CT molecular complexity index is 838. The van der Waals surface area contributed by atoms with Crippen LogP contribution in [0.5, 0.6) is 0 Å². The summed E-state index contributed by atoms with van der Waals surface area (Å²) in [7, 11) is 1.71. The van der Waals surface area contributed by atoms with Gasteiger partial charge in [-0.15, -0.1) is 0 Å². The van der Waals surface area contributed by atoms with Gasteiger partial charge in [0, 0.05) is 32.0 Å². The number of rotatable bonds is 9. The lowest BCUT2D eigenvalue weighted by Gasteiger charge is -2.14. The van der Waals surface area contributed by atoms with Gasteiger partial charge in [0.1, 0.15) is 0 Å². The molecule has 0 bridgehead atoms. The van der Waals surface area contributed by atoms with E-state index in [1.807, 2.05) is 18.3 Å². The molecule has 0 spiro atoms. The second-order valence-electron chi connectivity index (χ2n) is 5.95. The van der Waals surface area contributed by atoms with Gasteiger partial charge < -0.3 is 15.4 Å². The van der Waals surface area contributed by atoms with Crippen molar-refractivity contribution in [2.75, 3.05) is 20.3 Å². The van der Waals surface area contributed by atoms with E-state index < -0.39 is 0 Å². The molecule has 0 saturated heterocycles. The van der Waals surface area contributed by atoms with Crippen LogP contribution in [-0.2, 0) is 11.3 Å². The first kappa shape index (κ1) is 17.9. The van der Waals surface area contributed by atoms with Crippen LogP contribution in [-0.4, -0.2) is 34.9 Å². The van der Waals surface area contributed by atoms with Gasteiger partial charge in [0.15, 0.2) is 5.65 Å². The fraction of sp³-hybridized carbons (Fsp3) is 0.300. The summed E-state index contributed by atoms with van der Waals surface area (Å²) in [6.45, 7) is 4.33. The second-order valence-corrected chi connectivity index (χ2v) is 5.95. The van der Waals surface area contributed by atoms with E-state index in [0.29, 0.717) is 6.61 Å². The third-order valence-corrected chi connectivity index (χ3v) is 3.97. The summed E-state index contributed by atoms with van der Waals surface area (Å²) in [5.41, 5.74) is 4.06. The van der Waals surface area contributed by atoms with Crippen molar-refractivity contribution < 1.29 is 4.74 Å². The first-order chi connectivity index (χ1) is 12.8. The molecule has 0 aliphatic heterocycles. The van der Waals surface area contributed by atoms with Crippen LogP contribution in [0.15, 0.2) is 60.7 Å². The molecular weight excluding hydrogens is 326 g/mol. The number of imidazole rings is 1. The highest BCUT2D eigenvalue weighted by molar-refractivity contribution is 5.62. The molecule has 2 N–H and O–H groups in total. The molecule has 26 heavy (non-hydrogen) atoms. The summed E-state index contributed by atoms with van der Waals surface area (Å²) in [4.78, 5) is 4.64. The monoisotopic (exact) mass is 351 g/mol. The van der Waals surface area contributed by atoms with Crippen LogP contribution in [0.3, 0.4) is 0 Å². The van der Waals surface area contributed by atoms with Gasteiger partial charge in [0.2, 0.25) is 0 Å². The summed E-state index contributed by atoms with van der Waals surface area (Å²) in [6.07, 6.45) is 6.83. The van der Waals surface area contributed by atoms with Crippen molar-refractivity contribution in [1.82, 2.24) is 25.2 Å². The highest BCUT2D eigenvalue weighted by Gasteiger charge is 2.06. The summed E-state index contributed by atoms with van der Waals surface area (Å²) >= 11 is 0. The average molecular weight is 351 g/mol.